The number of anilines is 2. The van der Waals surface area contributed by atoms with Crippen LogP contribution in [0.25, 0.3) is 10.8 Å². The van der Waals surface area contributed by atoms with Gasteiger partial charge in [-0.2, -0.15) is 0 Å². The van der Waals surface area contributed by atoms with E-state index in [0.717, 1.165) is 37.7 Å². The van der Waals surface area contributed by atoms with Crippen LogP contribution in [0.1, 0.15) is 74.7 Å². The number of carboxylic acids is 1. The molecule has 8 heteroatoms. The maximum absolute atomic E-state index is 13.3. The Hall–Kier alpha value is -4.07. The number of rotatable bonds is 13. The molecule has 0 bridgehead atoms. The van der Waals surface area contributed by atoms with E-state index in [1.165, 1.54) is 17.9 Å². The first-order valence-electron chi connectivity index (χ1n) is 13.4. The Bertz CT molecular complexity index is 1340. The Morgan fingerprint density at radius 1 is 1.00 bits per heavy atom. The number of nitrogens with one attached hydrogen (secondary N) is 1. The van der Waals surface area contributed by atoms with E-state index in [1.807, 2.05) is 13.0 Å². The molecular formula is C31H38N2O6. The molecule has 2 amide bonds. The zero-order valence-corrected chi connectivity index (χ0v) is 23.1. The number of aliphatic carboxylic acids is 1. The highest BCUT2D eigenvalue weighted by Gasteiger charge is 2.20. The van der Waals surface area contributed by atoms with Crippen LogP contribution in [0.2, 0.25) is 0 Å². The van der Waals surface area contributed by atoms with Crippen molar-refractivity contribution in [2.75, 3.05) is 17.3 Å². The van der Waals surface area contributed by atoms with Gasteiger partial charge >= 0.3 is 5.97 Å². The average Bonchev–Trinajstić information content (AvgIpc) is 2.90. The van der Waals surface area contributed by atoms with E-state index < -0.39 is 11.9 Å². The molecule has 1 atom stereocenters. The van der Waals surface area contributed by atoms with E-state index in [9.17, 15) is 24.6 Å². The second kappa shape index (κ2) is 13.6. The summed E-state index contributed by atoms with van der Waals surface area (Å²) in [5.41, 5.74) is 2.06. The third kappa shape index (κ3) is 7.72. The Morgan fingerprint density at radius 3 is 2.46 bits per heavy atom. The van der Waals surface area contributed by atoms with Gasteiger partial charge in [0.25, 0.3) is 5.91 Å². The van der Waals surface area contributed by atoms with Crippen molar-refractivity contribution >= 4 is 39.9 Å². The van der Waals surface area contributed by atoms with Crippen molar-refractivity contribution in [3.8, 4) is 11.5 Å². The lowest BCUT2D eigenvalue weighted by atomic mass is 10.0. The van der Waals surface area contributed by atoms with Crippen LogP contribution < -0.4 is 15.0 Å². The van der Waals surface area contributed by atoms with Gasteiger partial charge in [-0.25, -0.2) is 0 Å². The van der Waals surface area contributed by atoms with Crippen LogP contribution in [0.4, 0.5) is 11.4 Å². The van der Waals surface area contributed by atoms with Crippen molar-refractivity contribution in [2.45, 2.75) is 71.8 Å². The molecule has 39 heavy (non-hydrogen) atoms. The third-order valence-electron chi connectivity index (χ3n) is 6.83. The van der Waals surface area contributed by atoms with Crippen LogP contribution in [-0.4, -0.2) is 41.1 Å². The molecule has 0 aliphatic heterocycles. The smallest absolute Gasteiger partial charge is 0.303 e. The van der Waals surface area contributed by atoms with E-state index in [1.54, 1.807) is 43.4 Å². The molecule has 3 N–H and O–H groups in total. The van der Waals surface area contributed by atoms with Gasteiger partial charge in [0, 0.05) is 31.2 Å². The molecule has 0 saturated carbocycles. The number of phenolic OH excluding ortho intramolecular Hbond substituents is 1. The van der Waals surface area contributed by atoms with Gasteiger partial charge in [-0.15, -0.1) is 0 Å². The molecule has 0 fully saturated rings. The molecule has 0 saturated heterocycles. The topological polar surface area (TPSA) is 116 Å². The first kappa shape index (κ1) is 29.5. The molecule has 1 unspecified atom stereocenters. The summed E-state index contributed by atoms with van der Waals surface area (Å²) in [6, 6.07) is 13.9. The number of aryl methyl sites for hydroxylation is 1. The molecule has 3 rings (SSSR count). The number of unbranched alkanes of at least 4 members (excludes halogenated alkanes) is 3. The van der Waals surface area contributed by atoms with E-state index in [-0.39, 0.29) is 29.7 Å². The number of fused-ring (bicyclic) bond motifs is 1. The second-order valence-corrected chi connectivity index (χ2v) is 9.89. The van der Waals surface area contributed by atoms with Crippen molar-refractivity contribution in [3.05, 3.63) is 59.7 Å². The van der Waals surface area contributed by atoms with E-state index in [2.05, 4.69) is 12.2 Å². The number of benzene rings is 3. The lowest BCUT2D eigenvalue weighted by molar-refractivity contribution is -0.137. The minimum atomic E-state index is -0.876. The summed E-state index contributed by atoms with van der Waals surface area (Å²) < 4.78 is 6.25. The Balaban J connectivity index is 1.87. The number of hydrogen-bond donors (Lipinski definition) is 3. The number of aromatic hydroxyl groups is 1. The van der Waals surface area contributed by atoms with Crippen molar-refractivity contribution in [1.82, 2.24) is 0 Å². The number of nitrogens with zero attached hydrogens (tertiary/aromatic N) is 1. The highest BCUT2D eigenvalue weighted by Crippen LogP contribution is 2.36. The molecular weight excluding hydrogens is 496 g/mol. The number of phenols is 1. The summed E-state index contributed by atoms with van der Waals surface area (Å²) >= 11 is 0. The molecule has 0 heterocycles. The zero-order chi connectivity index (χ0) is 28.5. The summed E-state index contributed by atoms with van der Waals surface area (Å²) in [7, 11) is 1.65. The monoisotopic (exact) mass is 534 g/mol. The standard InChI is InChI=1S/C31H38N2O6/c1-5-6-7-8-10-22(14-18-29(35)36)39-28-17-13-20(2)19-26(28)32-31(38)25-16-15-23-24(30(25)37)11-9-12-27(23)33(4)21(3)34/h9,11-13,15-17,19,22,37H,5-8,10,14,18H2,1-4H3,(H,32,38)(H,35,36). The summed E-state index contributed by atoms with van der Waals surface area (Å²) in [5, 5.41) is 24.2. The predicted molar refractivity (Wildman–Crippen MR) is 154 cm³/mol. The number of carbonyl (C=O) groups excluding carboxylic acids is 2. The number of amides is 2. The van der Waals surface area contributed by atoms with Gasteiger partial charge in [-0.3, -0.25) is 14.4 Å². The van der Waals surface area contributed by atoms with Crippen LogP contribution in [0.5, 0.6) is 11.5 Å². The van der Waals surface area contributed by atoms with Crippen molar-refractivity contribution in [2.24, 2.45) is 0 Å². The third-order valence-corrected chi connectivity index (χ3v) is 6.83. The molecule has 0 aromatic heterocycles. The molecule has 0 spiro atoms. The van der Waals surface area contributed by atoms with Gasteiger partial charge in [0.2, 0.25) is 5.91 Å². The van der Waals surface area contributed by atoms with Gasteiger partial charge in [-0.1, -0.05) is 50.5 Å². The van der Waals surface area contributed by atoms with Crippen LogP contribution in [-0.2, 0) is 9.59 Å². The fraction of sp³-hybridized carbons (Fsp3) is 0.387. The number of ether oxygens (including phenoxy) is 1. The largest absolute Gasteiger partial charge is 0.506 e. The number of hydrogen-bond acceptors (Lipinski definition) is 5. The van der Waals surface area contributed by atoms with Crippen LogP contribution in [0.15, 0.2) is 48.5 Å². The molecule has 0 aliphatic rings. The summed E-state index contributed by atoms with van der Waals surface area (Å²) in [4.78, 5) is 37.9. The van der Waals surface area contributed by atoms with Gasteiger partial charge in [0.1, 0.15) is 11.5 Å². The van der Waals surface area contributed by atoms with Crippen LogP contribution in [0, 0.1) is 6.92 Å². The first-order valence-corrected chi connectivity index (χ1v) is 13.4. The van der Waals surface area contributed by atoms with Gasteiger partial charge in [0.15, 0.2) is 0 Å². The van der Waals surface area contributed by atoms with E-state index in [0.29, 0.717) is 34.3 Å². The van der Waals surface area contributed by atoms with Gasteiger partial charge in [-0.05, 0) is 56.0 Å². The lowest BCUT2D eigenvalue weighted by Gasteiger charge is -2.22. The molecule has 3 aromatic rings. The highest BCUT2D eigenvalue weighted by molar-refractivity contribution is 6.12. The van der Waals surface area contributed by atoms with E-state index in [4.69, 9.17) is 4.74 Å². The summed E-state index contributed by atoms with van der Waals surface area (Å²) in [5.74, 6) is -1.28. The Kier molecular flexibility index (Phi) is 10.3. The number of carbonyl (C=O) groups is 3. The Labute approximate surface area is 229 Å². The fourth-order valence-corrected chi connectivity index (χ4v) is 4.53. The van der Waals surface area contributed by atoms with Crippen molar-refractivity contribution in [1.29, 1.82) is 0 Å². The highest BCUT2D eigenvalue weighted by atomic mass is 16.5. The minimum absolute atomic E-state index is 0.00222. The molecule has 0 radical (unpaired) electrons. The first-order chi connectivity index (χ1) is 18.6. The Morgan fingerprint density at radius 2 is 1.77 bits per heavy atom. The normalized spacial score (nSPS) is 11.7. The second-order valence-electron chi connectivity index (χ2n) is 9.89. The zero-order valence-electron chi connectivity index (χ0n) is 23.1. The average molecular weight is 535 g/mol. The fourth-order valence-electron chi connectivity index (χ4n) is 4.53. The number of carboxylic acid groups (broad SMARTS) is 1. The maximum atomic E-state index is 13.3. The van der Waals surface area contributed by atoms with Crippen molar-refractivity contribution in [3.63, 3.8) is 0 Å². The quantitative estimate of drug-likeness (QED) is 0.211. The van der Waals surface area contributed by atoms with Crippen LogP contribution >= 0.6 is 0 Å². The molecule has 0 aliphatic carbocycles. The molecule has 8 nitrogen and oxygen atoms in total. The lowest BCUT2D eigenvalue weighted by Crippen LogP contribution is -2.23. The van der Waals surface area contributed by atoms with Gasteiger partial charge in [0.05, 0.1) is 23.0 Å². The van der Waals surface area contributed by atoms with Crippen LogP contribution in [0.3, 0.4) is 0 Å². The maximum Gasteiger partial charge on any atom is 0.303 e. The molecule has 208 valence electrons. The van der Waals surface area contributed by atoms with E-state index >= 15 is 0 Å². The minimum Gasteiger partial charge on any atom is -0.506 e. The summed E-state index contributed by atoms with van der Waals surface area (Å²) in [6.07, 6.45) is 4.97. The SMILES string of the molecule is CCCCCCC(CCC(=O)O)Oc1ccc(C)cc1NC(=O)c1ccc2c(N(C)C(C)=O)cccc2c1O. The van der Waals surface area contributed by atoms with Gasteiger partial charge < -0.3 is 25.2 Å². The van der Waals surface area contributed by atoms with Crippen molar-refractivity contribution < 1.29 is 29.3 Å². The predicted octanol–water partition coefficient (Wildman–Crippen LogP) is 6.67. The summed E-state index contributed by atoms with van der Waals surface area (Å²) in [6.45, 7) is 5.49. The molecule has 3 aromatic carbocycles.